The summed E-state index contributed by atoms with van der Waals surface area (Å²) in [5.74, 6) is 0. The zero-order chi connectivity index (χ0) is 13.3. The van der Waals surface area contributed by atoms with Gasteiger partial charge in [-0.05, 0) is 29.1 Å². The van der Waals surface area contributed by atoms with E-state index in [2.05, 4.69) is 54.0 Å². The topological polar surface area (TPSA) is 21.3 Å². The van der Waals surface area contributed by atoms with Crippen LogP contribution in [0.15, 0.2) is 41.8 Å². The van der Waals surface area contributed by atoms with Gasteiger partial charge in [0.05, 0.1) is 13.2 Å². The summed E-state index contributed by atoms with van der Waals surface area (Å²) >= 11 is 1.79. The van der Waals surface area contributed by atoms with Gasteiger partial charge in [-0.2, -0.15) is 0 Å². The van der Waals surface area contributed by atoms with Crippen LogP contribution in [0.3, 0.4) is 0 Å². The summed E-state index contributed by atoms with van der Waals surface area (Å²) in [5.41, 5.74) is 2.62. The monoisotopic (exact) mass is 275 g/mol. The highest BCUT2D eigenvalue weighted by molar-refractivity contribution is 7.09. The number of hydrogen-bond acceptors (Lipinski definition) is 3. The summed E-state index contributed by atoms with van der Waals surface area (Å²) in [5, 5.41) is 5.48. The first-order chi connectivity index (χ1) is 9.40. The van der Waals surface area contributed by atoms with Gasteiger partial charge in [0.15, 0.2) is 0 Å². The molecule has 19 heavy (non-hydrogen) atoms. The molecule has 0 fully saturated rings. The van der Waals surface area contributed by atoms with Crippen LogP contribution >= 0.6 is 11.3 Å². The Hall–Kier alpha value is -1.16. The van der Waals surface area contributed by atoms with Gasteiger partial charge in [-0.15, -0.1) is 11.3 Å². The summed E-state index contributed by atoms with van der Waals surface area (Å²) in [7, 11) is 0. The number of thiophene rings is 1. The lowest BCUT2D eigenvalue weighted by Gasteiger charge is -2.10. The van der Waals surface area contributed by atoms with Gasteiger partial charge < -0.3 is 10.1 Å². The molecule has 1 aromatic carbocycles. The van der Waals surface area contributed by atoms with E-state index in [4.69, 9.17) is 4.74 Å². The second kappa shape index (κ2) is 8.10. The predicted molar refractivity (Wildman–Crippen MR) is 81.5 cm³/mol. The number of ether oxygens (including phenoxy) is 1. The van der Waals surface area contributed by atoms with Crippen LogP contribution in [0.1, 0.15) is 22.9 Å². The molecule has 0 saturated heterocycles. The molecule has 0 amide bonds. The van der Waals surface area contributed by atoms with Gasteiger partial charge in [0.25, 0.3) is 0 Å². The van der Waals surface area contributed by atoms with Crippen LogP contribution in [-0.2, 0) is 24.3 Å². The van der Waals surface area contributed by atoms with Crippen LogP contribution in [0, 0.1) is 0 Å². The minimum Gasteiger partial charge on any atom is -0.376 e. The first-order valence-corrected chi connectivity index (χ1v) is 7.65. The molecular formula is C16H21NOS. The molecule has 0 spiro atoms. The molecule has 2 aromatic rings. The summed E-state index contributed by atoms with van der Waals surface area (Å²) in [6.45, 7) is 5.53. The van der Waals surface area contributed by atoms with Crippen LogP contribution in [0.4, 0.5) is 0 Å². The van der Waals surface area contributed by atoms with E-state index in [1.807, 2.05) is 0 Å². The normalized spacial score (nSPS) is 10.8. The maximum absolute atomic E-state index is 5.79. The SMILES string of the molecule is CCNCc1ccccc1COCCc1cccs1. The molecule has 1 aromatic heterocycles. The molecule has 0 bridgehead atoms. The van der Waals surface area contributed by atoms with Crippen LogP contribution in [0.25, 0.3) is 0 Å². The molecule has 0 radical (unpaired) electrons. The minimum atomic E-state index is 0.701. The van der Waals surface area contributed by atoms with E-state index in [9.17, 15) is 0 Å². The molecule has 1 heterocycles. The molecule has 0 unspecified atom stereocenters. The zero-order valence-corrected chi connectivity index (χ0v) is 12.2. The quantitative estimate of drug-likeness (QED) is 0.743. The van der Waals surface area contributed by atoms with Gasteiger partial charge >= 0.3 is 0 Å². The Morgan fingerprint density at radius 1 is 1.11 bits per heavy atom. The van der Waals surface area contributed by atoms with Crippen LogP contribution in [-0.4, -0.2) is 13.2 Å². The Morgan fingerprint density at radius 3 is 2.68 bits per heavy atom. The van der Waals surface area contributed by atoms with Crippen LogP contribution in [0.2, 0.25) is 0 Å². The van der Waals surface area contributed by atoms with E-state index in [-0.39, 0.29) is 0 Å². The van der Waals surface area contributed by atoms with Crippen molar-refractivity contribution < 1.29 is 4.74 Å². The van der Waals surface area contributed by atoms with E-state index in [0.717, 1.165) is 26.1 Å². The van der Waals surface area contributed by atoms with Crippen molar-refractivity contribution in [3.63, 3.8) is 0 Å². The Balaban J connectivity index is 1.78. The van der Waals surface area contributed by atoms with Gasteiger partial charge in [0.2, 0.25) is 0 Å². The molecular weight excluding hydrogens is 254 g/mol. The Bertz CT molecular complexity index is 467. The maximum atomic E-state index is 5.79. The molecule has 3 heteroatoms. The fraction of sp³-hybridized carbons (Fsp3) is 0.375. The smallest absolute Gasteiger partial charge is 0.0720 e. The third-order valence-electron chi connectivity index (χ3n) is 3.01. The van der Waals surface area contributed by atoms with Gasteiger partial charge in [-0.25, -0.2) is 0 Å². The number of nitrogens with one attached hydrogen (secondary N) is 1. The average Bonchev–Trinajstić information content (AvgIpc) is 2.95. The lowest BCUT2D eigenvalue weighted by molar-refractivity contribution is 0.123. The van der Waals surface area contributed by atoms with Gasteiger partial charge in [-0.1, -0.05) is 37.3 Å². The molecule has 0 aliphatic rings. The van der Waals surface area contributed by atoms with E-state index in [1.165, 1.54) is 16.0 Å². The molecule has 1 N–H and O–H groups in total. The van der Waals surface area contributed by atoms with Crippen molar-refractivity contribution >= 4 is 11.3 Å². The van der Waals surface area contributed by atoms with Gasteiger partial charge in [0.1, 0.15) is 0 Å². The van der Waals surface area contributed by atoms with Crippen molar-refractivity contribution in [1.29, 1.82) is 0 Å². The second-order valence-electron chi connectivity index (χ2n) is 4.43. The standard InChI is InChI=1S/C16H21NOS/c1-2-17-12-14-6-3-4-7-15(14)13-18-10-9-16-8-5-11-19-16/h3-8,11,17H,2,9-10,12-13H2,1H3. The summed E-state index contributed by atoms with van der Waals surface area (Å²) in [4.78, 5) is 1.39. The van der Waals surface area contributed by atoms with Crippen molar-refractivity contribution in [2.75, 3.05) is 13.2 Å². The van der Waals surface area contributed by atoms with E-state index in [0.29, 0.717) is 6.61 Å². The first-order valence-electron chi connectivity index (χ1n) is 6.77. The molecule has 2 rings (SSSR count). The van der Waals surface area contributed by atoms with Gasteiger partial charge in [-0.3, -0.25) is 0 Å². The summed E-state index contributed by atoms with van der Waals surface area (Å²) < 4.78 is 5.79. The molecule has 0 aliphatic carbocycles. The molecule has 102 valence electrons. The predicted octanol–water partition coefficient (Wildman–Crippen LogP) is 3.62. The second-order valence-corrected chi connectivity index (χ2v) is 5.46. The molecule has 0 aliphatic heterocycles. The lowest BCUT2D eigenvalue weighted by atomic mass is 10.1. The lowest BCUT2D eigenvalue weighted by Crippen LogP contribution is -2.13. The highest BCUT2D eigenvalue weighted by atomic mass is 32.1. The Labute approximate surface area is 119 Å². The van der Waals surface area contributed by atoms with Crippen molar-refractivity contribution in [3.05, 3.63) is 57.8 Å². The summed E-state index contributed by atoms with van der Waals surface area (Å²) in [6, 6.07) is 12.7. The van der Waals surface area contributed by atoms with Crippen molar-refractivity contribution in [2.45, 2.75) is 26.5 Å². The number of benzene rings is 1. The fourth-order valence-corrected chi connectivity index (χ4v) is 2.63. The highest BCUT2D eigenvalue weighted by Gasteiger charge is 2.01. The number of rotatable bonds is 8. The number of hydrogen-bond donors (Lipinski definition) is 1. The minimum absolute atomic E-state index is 0.701. The average molecular weight is 275 g/mol. The fourth-order valence-electron chi connectivity index (χ4n) is 1.94. The van der Waals surface area contributed by atoms with Crippen molar-refractivity contribution in [3.8, 4) is 0 Å². The highest BCUT2D eigenvalue weighted by Crippen LogP contribution is 2.12. The molecule has 2 nitrogen and oxygen atoms in total. The van der Waals surface area contributed by atoms with E-state index < -0.39 is 0 Å². The molecule has 0 saturated carbocycles. The maximum Gasteiger partial charge on any atom is 0.0720 e. The third-order valence-corrected chi connectivity index (χ3v) is 3.95. The Kier molecular flexibility index (Phi) is 6.08. The molecule has 0 atom stereocenters. The van der Waals surface area contributed by atoms with Crippen molar-refractivity contribution in [2.24, 2.45) is 0 Å². The van der Waals surface area contributed by atoms with Gasteiger partial charge in [0, 0.05) is 17.8 Å². The third kappa shape index (κ3) is 4.78. The Morgan fingerprint density at radius 2 is 1.95 bits per heavy atom. The van der Waals surface area contributed by atoms with E-state index in [1.54, 1.807) is 11.3 Å². The first kappa shape index (κ1) is 14.3. The van der Waals surface area contributed by atoms with E-state index >= 15 is 0 Å². The summed E-state index contributed by atoms with van der Waals surface area (Å²) in [6.07, 6.45) is 1.01. The van der Waals surface area contributed by atoms with Crippen LogP contribution < -0.4 is 5.32 Å². The van der Waals surface area contributed by atoms with Crippen molar-refractivity contribution in [1.82, 2.24) is 5.32 Å². The van der Waals surface area contributed by atoms with Crippen LogP contribution in [0.5, 0.6) is 0 Å². The zero-order valence-electron chi connectivity index (χ0n) is 11.4. The largest absolute Gasteiger partial charge is 0.376 e.